The average molecular weight is 289 g/mol. The summed E-state index contributed by atoms with van der Waals surface area (Å²) < 4.78 is 15.1. The van der Waals surface area contributed by atoms with Gasteiger partial charge in [-0.25, -0.2) is 0 Å². The summed E-state index contributed by atoms with van der Waals surface area (Å²) in [5, 5.41) is 0.656. The van der Waals surface area contributed by atoms with Gasteiger partial charge in [0.1, 0.15) is 12.4 Å². The smallest absolute Gasteiger partial charge is 0.157 e. The number of hydrogen-bond donors (Lipinski definition) is 0. The Morgan fingerprint density at radius 1 is 1.16 bits per heavy atom. The SMILES string of the molecule is CCOC(C)OCC.O=CCOc1ccc(Cl)cc1. The van der Waals surface area contributed by atoms with E-state index in [-0.39, 0.29) is 12.9 Å². The molecule has 19 heavy (non-hydrogen) atoms. The second-order valence-electron chi connectivity index (χ2n) is 3.41. The van der Waals surface area contributed by atoms with Crippen molar-refractivity contribution in [1.29, 1.82) is 0 Å². The van der Waals surface area contributed by atoms with E-state index in [2.05, 4.69) is 0 Å². The number of halogens is 1. The molecule has 0 bridgehead atoms. The second kappa shape index (κ2) is 12.0. The maximum absolute atomic E-state index is 9.89. The summed E-state index contributed by atoms with van der Waals surface area (Å²) in [6.45, 7) is 7.34. The number of benzene rings is 1. The summed E-state index contributed by atoms with van der Waals surface area (Å²) >= 11 is 5.62. The molecule has 0 heterocycles. The molecule has 0 saturated carbocycles. The Morgan fingerprint density at radius 3 is 2.11 bits per heavy atom. The molecule has 0 spiro atoms. The van der Waals surface area contributed by atoms with Gasteiger partial charge in [-0.3, -0.25) is 4.79 Å². The van der Waals surface area contributed by atoms with Gasteiger partial charge in [-0.05, 0) is 45.0 Å². The van der Waals surface area contributed by atoms with Gasteiger partial charge in [-0.2, -0.15) is 0 Å². The van der Waals surface area contributed by atoms with E-state index >= 15 is 0 Å². The van der Waals surface area contributed by atoms with Crippen LogP contribution in [-0.4, -0.2) is 32.4 Å². The van der Waals surface area contributed by atoms with E-state index in [0.717, 1.165) is 13.2 Å². The van der Waals surface area contributed by atoms with Gasteiger partial charge >= 0.3 is 0 Å². The number of hydrogen-bond acceptors (Lipinski definition) is 4. The lowest BCUT2D eigenvalue weighted by atomic mass is 10.3. The molecule has 5 heteroatoms. The van der Waals surface area contributed by atoms with Gasteiger partial charge < -0.3 is 14.2 Å². The Hall–Kier alpha value is -1.10. The first-order valence-electron chi connectivity index (χ1n) is 6.19. The van der Waals surface area contributed by atoms with Crippen molar-refractivity contribution in [2.24, 2.45) is 0 Å². The van der Waals surface area contributed by atoms with Gasteiger partial charge in [-0.15, -0.1) is 0 Å². The summed E-state index contributed by atoms with van der Waals surface area (Å²) in [7, 11) is 0. The monoisotopic (exact) mass is 288 g/mol. The summed E-state index contributed by atoms with van der Waals surface area (Å²) in [5.74, 6) is 0.654. The predicted octanol–water partition coefficient (Wildman–Crippen LogP) is 3.32. The zero-order valence-corrected chi connectivity index (χ0v) is 12.4. The molecule has 0 atom stereocenters. The highest BCUT2D eigenvalue weighted by Gasteiger charge is 1.94. The Morgan fingerprint density at radius 2 is 1.68 bits per heavy atom. The molecular formula is C14H21ClO4. The molecule has 1 aromatic rings. The molecular weight excluding hydrogens is 268 g/mol. The minimum Gasteiger partial charge on any atom is -0.486 e. The molecule has 0 aliphatic carbocycles. The van der Waals surface area contributed by atoms with Crippen LogP contribution >= 0.6 is 11.6 Å². The Labute approximate surface area is 119 Å². The maximum atomic E-state index is 9.89. The van der Waals surface area contributed by atoms with E-state index in [1.807, 2.05) is 20.8 Å². The lowest BCUT2D eigenvalue weighted by molar-refractivity contribution is -0.123. The Balaban J connectivity index is 0.000000362. The first-order chi connectivity index (χ1) is 9.13. The molecule has 0 radical (unpaired) electrons. The van der Waals surface area contributed by atoms with Crippen LogP contribution in [0.5, 0.6) is 5.75 Å². The number of ether oxygens (including phenoxy) is 3. The molecule has 1 rings (SSSR count). The molecule has 0 fully saturated rings. The normalized spacial score (nSPS) is 9.74. The fourth-order valence-electron chi connectivity index (χ4n) is 1.18. The molecule has 1 aromatic carbocycles. The maximum Gasteiger partial charge on any atom is 0.157 e. The molecule has 0 saturated heterocycles. The van der Waals surface area contributed by atoms with Crippen molar-refractivity contribution in [2.45, 2.75) is 27.1 Å². The third-order valence-electron chi connectivity index (χ3n) is 1.93. The second-order valence-corrected chi connectivity index (χ2v) is 3.85. The van der Waals surface area contributed by atoms with Gasteiger partial charge in [0.05, 0.1) is 0 Å². The van der Waals surface area contributed by atoms with E-state index < -0.39 is 0 Å². The van der Waals surface area contributed by atoms with Gasteiger partial charge in [-0.1, -0.05) is 11.6 Å². The minimum absolute atomic E-state index is 0.0370. The number of rotatable bonds is 7. The lowest BCUT2D eigenvalue weighted by Gasteiger charge is -2.09. The van der Waals surface area contributed by atoms with Gasteiger partial charge in [0, 0.05) is 18.2 Å². The van der Waals surface area contributed by atoms with Crippen LogP contribution in [0.2, 0.25) is 5.02 Å². The summed E-state index contributed by atoms with van der Waals surface area (Å²) in [5.41, 5.74) is 0. The Bertz CT molecular complexity index is 321. The first-order valence-corrected chi connectivity index (χ1v) is 6.57. The first kappa shape index (κ1) is 17.9. The third-order valence-corrected chi connectivity index (χ3v) is 2.19. The van der Waals surface area contributed by atoms with E-state index in [0.29, 0.717) is 17.1 Å². The van der Waals surface area contributed by atoms with Crippen molar-refractivity contribution in [1.82, 2.24) is 0 Å². The number of carbonyl (C=O) groups is 1. The van der Waals surface area contributed by atoms with E-state index in [9.17, 15) is 4.79 Å². The van der Waals surface area contributed by atoms with E-state index in [1.165, 1.54) is 0 Å². The van der Waals surface area contributed by atoms with Crippen molar-refractivity contribution in [3.8, 4) is 5.75 Å². The van der Waals surface area contributed by atoms with Crippen molar-refractivity contribution < 1.29 is 19.0 Å². The Kier molecular flexibility index (Phi) is 11.3. The fraction of sp³-hybridized carbons (Fsp3) is 0.500. The van der Waals surface area contributed by atoms with Crippen LogP contribution in [0.15, 0.2) is 24.3 Å². The highest BCUT2D eigenvalue weighted by Crippen LogP contribution is 2.14. The molecule has 0 aliphatic heterocycles. The van der Waals surface area contributed by atoms with Crippen LogP contribution in [0.4, 0.5) is 0 Å². The summed E-state index contributed by atoms with van der Waals surface area (Å²) in [4.78, 5) is 9.89. The molecule has 0 aliphatic rings. The van der Waals surface area contributed by atoms with Crippen LogP contribution < -0.4 is 4.74 Å². The predicted molar refractivity (Wildman–Crippen MR) is 75.7 cm³/mol. The van der Waals surface area contributed by atoms with Crippen molar-refractivity contribution in [3.63, 3.8) is 0 Å². The topological polar surface area (TPSA) is 44.8 Å². The average Bonchev–Trinajstić information content (AvgIpc) is 2.39. The third kappa shape index (κ3) is 10.5. The molecule has 0 amide bonds. The van der Waals surface area contributed by atoms with Gasteiger partial charge in [0.25, 0.3) is 0 Å². The van der Waals surface area contributed by atoms with Crippen LogP contribution in [0.3, 0.4) is 0 Å². The molecule has 0 aromatic heterocycles. The highest BCUT2D eigenvalue weighted by atomic mass is 35.5. The lowest BCUT2D eigenvalue weighted by Crippen LogP contribution is -2.11. The number of carbonyl (C=O) groups excluding carboxylic acids is 1. The molecule has 108 valence electrons. The zero-order chi connectivity index (χ0) is 14.5. The van der Waals surface area contributed by atoms with Crippen LogP contribution in [0, 0.1) is 0 Å². The van der Waals surface area contributed by atoms with Crippen molar-refractivity contribution in [2.75, 3.05) is 19.8 Å². The van der Waals surface area contributed by atoms with Crippen LogP contribution in [0.1, 0.15) is 20.8 Å². The van der Waals surface area contributed by atoms with E-state index in [4.69, 9.17) is 25.8 Å². The molecule has 0 N–H and O–H groups in total. The molecule has 4 nitrogen and oxygen atoms in total. The molecule has 0 unspecified atom stereocenters. The van der Waals surface area contributed by atoms with Crippen molar-refractivity contribution in [3.05, 3.63) is 29.3 Å². The fourth-order valence-corrected chi connectivity index (χ4v) is 1.30. The van der Waals surface area contributed by atoms with Crippen LogP contribution in [-0.2, 0) is 14.3 Å². The quantitative estimate of drug-likeness (QED) is 0.570. The minimum atomic E-state index is -0.0370. The van der Waals surface area contributed by atoms with Crippen molar-refractivity contribution >= 4 is 17.9 Å². The van der Waals surface area contributed by atoms with Gasteiger partial charge in [0.15, 0.2) is 12.6 Å². The standard InChI is InChI=1S/C8H7ClO2.C6H14O2/c9-7-1-3-8(4-2-7)11-6-5-10;1-4-7-6(3)8-5-2/h1-5H,6H2;6H,4-5H2,1-3H3. The van der Waals surface area contributed by atoms with E-state index in [1.54, 1.807) is 24.3 Å². The zero-order valence-electron chi connectivity index (χ0n) is 11.6. The largest absolute Gasteiger partial charge is 0.486 e. The van der Waals surface area contributed by atoms with Crippen LogP contribution in [0.25, 0.3) is 0 Å². The van der Waals surface area contributed by atoms with Gasteiger partial charge in [0.2, 0.25) is 0 Å². The summed E-state index contributed by atoms with van der Waals surface area (Å²) in [6, 6.07) is 6.85. The number of aldehydes is 1. The summed E-state index contributed by atoms with van der Waals surface area (Å²) in [6.07, 6.45) is 0.666. The highest BCUT2D eigenvalue weighted by molar-refractivity contribution is 6.30.